The Balaban J connectivity index is 2.31. The van der Waals surface area contributed by atoms with Crippen LogP contribution in [-0.4, -0.2) is 10.0 Å². The Bertz CT molecular complexity index is 924. The minimum Gasteiger partial charge on any atom is -0.508 e. The van der Waals surface area contributed by atoms with E-state index in [1.807, 2.05) is 0 Å². The number of hydrogen-bond acceptors (Lipinski definition) is 2. The van der Waals surface area contributed by atoms with Crippen molar-refractivity contribution in [2.75, 3.05) is 0 Å². The lowest BCUT2D eigenvalue weighted by Gasteiger charge is -2.33. The molecular weight excluding hydrogens is 408 g/mol. The molecule has 2 aromatic carbocycles. The van der Waals surface area contributed by atoms with E-state index in [1.54, 1.807) is 0 Å². The molecular formula is C29H42O2Si. The van der Waals surface area contributed by atoms with Gasteiger partial charge in [-0.3, -0.25) is 0 Å². The van der Waals surface area contributed by atoms with Crippen LogP contribution in [0.4, 0.5) is 0 Å². The quantitative estimate of drug-likeness (QED) is 0.382. The Hall–Kier alpha value is -1.74. The van der Waals surface area contributed by atoms with Crippen LogP contribution in [0.2, 0.25) is 0 Å². The van der Waals surface area contributed by atoms with E-state index in [2.05, 4.69) is 107 Å². The molecule has 2 radical (unpaired) electrons. The summed E-state index contributed by atoms with van der Waals surface area (Å²) in [6.07, 6.45) is 0.815. The zero-order chi connectivity index (χ0) is 24.3. The molecule has 2 nitrogen and oxygen atoms in total. The zero-order valence-corrected chi connectivity index (χ0v) is 23.3. The molecule has 174 valence electrons. The molecule has 2 aromatic rings. The van der Waals surface area contributed by atoms with Crippen LogP contribution in [0.25, 0.3) is 0 Å². The summed E-state index contributed by atoms with van der Waals surface area (Å²) in [6, 6.07) is 9.42. The minimum atomic E-state index is -0.0579. The molecule has 0 saturated heterocycles. The van der Waals surface area contributed by atoms with Gasteiger partial charge in [0.15, 0.2) is 0 Å². The van der Waals surface area contributed by atoms with Crippen molar-refractivity contribution in [2.45, 2.75) is 111 Å². The first-order valence-corrected chi connectivity index (χ1v) is 12.6. The molecule has 0 unspecified atom stereocenters. The van der Waals surface area contributed by atoms with Crippen molar-refractivity contribution in [1.82, 2.24) is 0 Å². The number of fused-ring (bicyclic) bond motifs is 2. The molecule has 0 aromatic heterocycles. The topological polar surface area (TPSA) is 18.5 Å². The third kappa shape index (κ3) is 5.08. The van der Waals surface area contributed by atoms with Gasteiger partial charge in [0.1, 0.15) is 11.5 Å². The Morgan fingerprint density at radius 3 is 1.16 bits per heavy atom. The third-order valence-corrected chi connectivity index (χ3v) is 6.92. The molecule has 0 saturated carbocycles. The molecule has 32 heavy (non-hydrogen) atoms. The second-order valence-corrected chi connectivity index (χ2v) is 14.1. The van der Waals surface area contributed by atoms with E-state index in [4.69, 9.17) is 8.85 Å². The van der Waals surface area contributed by atoms with Crippen molar-refractivity contribution in [3.8, 4) is 11.5 Å². The van der Waals surface area contributed by atoms with Gasteiger partial charge in [0, 0.05) is 6.42 Å². The Morgan fingerprint density at radius 2 is 0.875 bits per heavy atom. The van der Waals surface area contributed by atoms with Gasteiger partial charge >= 0.3 is 10.0 Å². The molecule has 0 aliphatic carbocycles. The van der Waals surface area contributed by atoms with E-state index in [0.29, 0.717) is 0 Å². The van der Waals surface area contributed by atoms with Gasteiger partial charge in [-0.2, -0.15) is 0 Å². The molecule has 0 fully saturated rings. The predicted octanol–water partition coefficient (Wildman–Crippen LogP) is 7.77. The average molecular weight is 451 g/mol. The standard InChI is InChI=1S/C29H42O2Si/c1-26(2,3)20-14-18-13-19-15-21(27(4,5)6)17-23(29(10,11)12)25(19)31-32-30-24(18)22(16-20)28(7,8)9/h14-17H,13H2,1-12H3. The molecule has 3 heteroatoms. The fourth-order valence-electron chi connectivity index (χ4n) is 4.17. The Labute approximate surface area is 199 Å². The fraction of sp³-hybridized carbons (Fsp3) is 0.586. The van der Waals surface area contributed by atoms with Crippen LogP contribution < -0.4 is 8.85 Å². The average Bonchev–Trinajstić information content (AvgIpc) is 2.57. The van der Waals surface area contributed by atoms with Crippen LogP contribution in [0.3, 0.4) is 0 Å². The van der Waals surface area contributed by atoms with Crippen molar-refractivity contribution in [3.63, 3.8) is 0 Å². The maximum absolute atomic E-state index is 6.38. The first kappa shape index (κ1) is 24.9. The summed E-state index contributed by atoms with van der Waals surface area (Å²) in [7, 11) is -0.0579. The van der Waals surface area contributed by atoms with Crippen molar-refractivity contribution >= 4 is 10.0 Å². The minimum absolute atomic E-state index is 0.0122. The van der Waals surface area contributed by atoms with Crippen LogP contribution in [0, 0.1) is 0 Å². The molecule has 0 N–H and O–H groups in total. The van der Waals surface area contributed by atoms with E-state index in [9.17, 15) is 0 Å². The smallest absolute Gasteiger partial charge is 0.508 e. The van der Waals surface area contributed by atoms with Crippen molar-refractivity contribution in [1.29, 1.82) is 0 Å². The summed E-state index contributed by atoms with van der Waals surface area (Å²) in [5, 5.41) is 0. The van der Waals surface area contributed by atoms with Crippen LogP contribution in [0.5, 0.6) is 11.5 Å². The van der Waals surface area contributed by atoms with Gasteiger partial charge in [-0.15, -0.1) is 0 Å². The van der Waals surface area contributed by atoms with Gasteiger partial charge < -0.3 is 8.85 Å². The molecule has 0 amide bonds. The maximum Gasteiger partial charge on any atom is 0.610 e. The lowest BCUT2D eigenvalue weighted by molar-refractivity contribution is 0.421. The van der Waals surface area contributed by atoms with Gasteiger partial charge in [0.2, 0.25) is 0 Å². The highest BCUT2D eigenvalue weighted by atomic mass is 28.3. The second kappa shape index (κ2) is 7.94. The molecule has 3 rings (SSSR count). The van der Waals surface area contributed by atoms with E-state index < -0.39 is 0 Å². The molecule has 0 bridgehead atoms. The van der Waals surface area contributed by atoms with Gasteiger partial charge in [-0.25, -0.2) is 0 Å². The summed E-state index contributed by atoms with van der Waals surface area (Å²) in [6.45, 7) is 27.4. The van der Waals surface area contributed by atoms with Crippen LogP contribution >= 0.6 is 0 Å². The van der Waals surface area contributed by atoms with E-state index in [0.717, 1.165) is 17.9 Å². The van der Waals surface area contributed by atoms with Gasteiger partial charge in [-0.05, 0) is 55.0 Å². The summed E-state index contributed by atoms with van der Waals surface area (Å²) in [5.74, 6) is 2.01. The van der Waals surface area contributed by atoms with E-state index in [1.165, 1.54) is 33.4 Å². The summed E-state index contributed by atoms with van der Waals surface area (Å²) >= 11 is 0. The van der Waals surface area contributed by atoms with Crippen LogP contribution in [0.1, 0.15) is 116 Å². The monoisotopic (exact) mass is 450 g/mol. The zero-order valence-electron chi connectivity index (χ0n) is 22.3. The first-order valence-electron chi connectivity index (χ1n) is 11.8. The van der Waals surface area contributed by atoms with Crippen LogP contribution in [-0.2, 0) is 28.1 Å². The van der Waals surface area contributed by atoms with Crippen molar-refractivity contribution < 1.29 is 8.85 Å². The summed E-state index contributed by atoms with van der Waals surface area (Å²) in [4.78, 5) is 0. The number of benzene rings is 2. The molecule has 0 spiro atoms. The summed E-state index contributed by atoms with van der Waals surface area (Å²) in [5.41, 5.74) is 7.91. The summed E-state index contributed by atoms with van der Waals surface area (Å²) < 4.78 is 12.8. The van der Waals surface area contributed by atoms with Gasteiger partial charge in [0.25, 0.3) is 0 Å². The lowest BCUT2D eigenvalue weighted by Crippen LogP contribution is -2.25. The van der Waals surface area contributed by atoms with E-state index >= 15 is 0 Å². The van der Waals surface area contributed by atoms with Crippen molar-refractivity contribution in [2.24, 2.45) is 0 Å². The maximum atomic E-state index is 6.38. The lowest BCUT2D eigenvalue weighted by atomic mass is 9.76. The Morgan fingerprint density at radius 1 is 0.531 bits per heavy atom. The largest absolute Gasteiger partial charge is 0.610 e. The normalized spacial score (nSPS) is 15.1. The third-order valence-electron chi connectivity index (χ3n) is 6.35. The molecule has 1 heterocycles. The first-order chi connectivity index (χ1) is 14.4. The van der Waals surface area contributed by atoms with Gasteiger partial charge in [0.05, 0.1) is 0 Å². The molecule has 1 aliphatic rings. The predicted molar refractivity (Wildman–Crippen MR) is 137 cm³/mol. The van der Waals surface area contributed by atoms with Crippen LogP contribution in [0.15, 0.2) is 24.3 Å². The highest BCUT2D eigenvalue weighted by Gasteiger charge is 2.31. The molecule has 1 aliphatic heterocycles. The highest BCUT2D eigenvalue weighted by Crippen LogP contribution is 2.44. The highest BCUT2D eigenvalue weighted by molar-refractivity contribution is 6.21. The second-order valence-electron chi connectivity index (χ2n) is 13.5. The molecule has 0 atom stereocenters. The van der Waals surface area contributed by atoms with Gasteiger partial charge in [-0.1, -0.05) is 107 Å². The van der Waals surface area contributed by atoms with Crippen molar-refractivity contribution in [3.05, 3.63) is 57.6 Å². The SMILES string of the molecule is CC(C)(C)c1cc2c(c(C(C)(C)C)c1)O[Si]Oc1c(cc(C(C)(C)C)cc1C(C)(C)C)C2. The number of rotatable bonds is 0. The number of hydrogen-bond donors (Lipinski definition) is 0. The van der Waals surface area contributed by atoms with E-state index in [-0.39, 0.29) is 31.7 Å². The fourth-order valence-corrected chi connectivity index (χ4v) is 4.86. The Kier molecular flexibility index (Phi) is 6.17.